The summed E-state index contributed by atoms with van der Waals surface area (Å²) in [5, 5.41) is 2.21. The highest BCUT2D eigenvalue weighted by Gasteiger charge is 2.52. The molecule has 0 aliphatic carbocycles. The van der Waals surface area contributed by atoms with Crippen molar-refractivity contribution in [2.24, 2.45) is 0 Å². The normalized spacial score (nSPS) is 23.9. The first-order valence-electron chi connectivity index (χ1n) is 7.97. The Bertz CT molecular complexity index is 727. The zero-order valence-electron chi connectivity index (χ0n) is 14.7. The molecule has 0 saturated carbocycles. The number of amides is 1. The number of Topliss-reactive ketones (excluding diaryl/α,β-unsaturated/α-hetero) is 1. The summed E-state index contributed by atoms with van der Waals surface area (Å²) in [6.45, 7) is 4.66. The standard InChI is InChI=1S/C17H18F5NO4/c1-16(2,3)27-15(25)23-11-7-12(24)14(17(20,21)22)26-13(11)9-6-8(18)4-5-10(9)19/h4-6,11,13-14H,7H2,1-3H3,(H,23,25)/t11-,13+,14+/m0/s1. The molecule has 1 saturated heterocycles. The van der Waals surface area contributed by atoms with E-state index in [-0.39, 0.29) is 0 Å². The Labute approximate surface area is 151 Å². The van der Waals surface area contributed by atoms with Crippen LogP contribution in [0.1, 0.15) is 38.9 Å². The fourth-order valence-corrected chi connectivity index (χ4v) is 2.62. The van der Waals surface area contributed by atoms with Gasteiger partial charge in [0.1, 0.15) is 23.3 Å². The van der Waals surface area contributed by atoms with Crippen LogP contribution in [-0.2, 0) is 14.3 Å². The summed E-state index contributed by atoms with van der Waals surface area (Å²) in [7, 11) is 0. The molecule has 0 bridgehead atoms. The van der Waals surface area contributed by atoms with Crippen LogP contribution in [0.4, 0.5) is 26.7 Å². The van der Waals surface area contributed by atoms with Gasteiger partial charge in [-0.25, -0.2) is 13.6 Å². The number of hydrogen-bond donors (Lipinski definition) is 1. The van der Waals surface area contributed by atoms with Crippen LogP contribution < -0.4 is 5.32 Å². The third-order valence-electron chi connectivity index (χ3n) is 3.63. The van der Waals surface area contributed by atoms with Crippen LogP contribution in [0.15, 0.2) is 18.2 Å². The zero-order valence-corrected chi connectivity index (χ0v) is 14.7. The first-order valence-corrected chi connectivity index (χ1v) is 7.97. The maximum atomic E-state index is 14.1. The maximum Gasteiger partial charge on any atom is 0.421 e. The van der Waals surface area contributed by atoms with Crippen LogP contribution in [0.2, 0.25) is 0 Å². The van der Waals surface area contributed by atoms with Gasteiger partial charge in [0.15, 0.2) is 5.78 Å². The predicted octanol–water partition coefficient (Wildman–Crippen LogP) is 3.82. The lowest BCUT2D eigenvalue weighted by Gasteiger charge is -2.37. The molecule has 2 rings (SSSR count). The number of rotatable bonds is 2. The van der Waals surface area contributed by atoms with E-state index in [4.69, 9.17) is 9.47 Å². The molecular weight excluding hydrogens is 377 g/mol. The molecule has 5 nitrogen and oxygen atoms in total. The van der Waals surface area contributed by atoms with Crippen LogP contribution in [0, 0.1) is 11.6 Å². The lowest BCUT2D eigenvalue weighted by molar-refractivity contribution is -0.239. The Morgan fingerprint density at radius 2 is 1.85 bits per heavy atom. The highest BCUT2D eigenvalue weighted by atomic mass is 19.4. The summed E-state index contributed by atoms with van der Waals surface area (Å²) in [5.74, 6) is -3.28. The van der Waals surface area contributed by atoms with Crippen molar-refractivity contribution in [1.82, 2.24) is 5.32 Å². The summed E-state index contributed by atoms with van der Waals surface area (Å²) in [4.78, 5) is 23.8. The molecule has 0 aromatic heterocycles. The minimum absolute atomic E-state index is 0.544. The number of halogens is 5. The maximum absolute atomic E-state index is 14.1. The van der Waals surface area contributed by atoms with Crippen LogP contribution >= 0.6 is 0 Å². The van der Waals surface area contributed by atoms with Gasteiger partial charge in [0.2, 0.25) is 6.10 Å². The fraction of sp³-hybridized carbons (Fsp3) is 0.529. The molecular formula is C17H18F5NO4. The van der Waals surface area contributed by atoms with Gasteiger partial charge in [-0.1, -0.05) is 0 Å². The van der Waals surface area contributed by atoms with E-state index in [0.29, 0.717) is 6.07 Å². The summed E-state index contributed by atoms with van der Waals surface area (Å²) < 4.78 is 76.5. The molecule has 1 heterocycles. The van der Waals surface area contributed by atoms with E-state index < -0.39 is 65.5 Å². The molecule has 1 aromatic carbocycles. The fourth-order valence-electron chi connectivity index (χ4n) is 2.62. The van der Waals surface area contributed by atoms with Crippen molar-refractivity contribution in [3.63, 3.8) is 0 Å². The van der Waals surface area contributed by atoms with E-state index in [1.54, 1.807) is 20.8 Å². The molecule has 0 unspecified atom stereocenters. The predicted molar refractivity (Wildman–Crippen MR) is 82.8 cm³/mol. The highest BCUT2D eigenvalue weighted by Crippen LogP contribution is 2.38. The van der Waals surface area contributed by atoms with Crippen LogP contribution in [0.5, 0.6) is 0 Å². The van der Waals surface area contributed by atoms with Crippen molar-refractivity contribution >= 4 is 11.9 Å². The lowest BCUT2D eigenvalue weighted by Crippen LogP contribution is -2.53. The average molecular weight is 395 g/mol. The number of ketones is 1. The van der Waals surface area contributed by atoms with Crippen LogP contribution in [0.25, 0.3) is 0 Å². The third-order valence-corrected chi connectivity index (χ3v) is 3.63. The third kappa shape index (κ3) is 5.38. The van der Waals surface area contributed by atoms with E-state index in [9.17, 15) is 31.5 Å². The Balaban J connectivity index is 2.36. The molecule has 1 aromatic rings. The van der Waals surface area contributed by atoms with Gasteiger partial charge in [0.25, 0.3) is 0 Å². The van der Waals surface area contributed by atoms with Crippen molar-refractivity contribution in [3.05, 3.63) is 35.4 Å². The van der Waals surface area contributed by atoms with Gasteiger partial charge in [-0.05, 0) is 39.0 Å². The number of ether oxygens (including phenoxy) is 2. The van der Waals surface area contributed by atoms with Crippen molar-refractivity contribution in [3.8, 4) is 0 Å². The molecule has 0 spiro atoms. The second-order valence-corrected chi connectivity index (χ2v) is 7.07. The lowest BCUT2D eigenvalue weighted by atomic mass is 9.92. The van der Waals surface area contributed by atoms with Gasteiger partial charge in [-0.2, -0.15) is 13.2 Å². The molecule has 1 N–H and O–H groups in total. The number of hydrogen-bond acceptors (Lipinski definition) is 4. The van der Waals surface area contributed by atoms with E-state index in [1.807, 2.05) is 0 Å². The minimum atomic E-state index is -5.03. The molecule has 1 aliphatic rings. The molecule has 1 fully saturated rings. The number of alkyl carbamates (subject to hydrolysis) is 1. The van der Waals surface area contributed by atoms with Gasteiger partial charge in [-0.3, -0.25) is 4.79 Å². The van der Waals surface area contributed by atoms with E-state index in [2.05, 4.69) is 5.32 Å². The Hall–Kier alpha value is -2.23. The van der Waals surface area contributed by atoms with Gasteiger partial charge >= 0.3 is 12.3 Å². The quantitative estimate of drug-likeness (QED) is 0.774. The largest absolute Gasteiger partial charge is 0.444 e. The molecule has 10 heteroatoms. The van der Waals surface area contributed by atoms with Crippen molar-refractivity contribution in [1.29, 1.82) is 0 Å². The van der Waals surface area contributed by atoms with Gasteiger partial charge in [0, 0.05) is 12.0 Å². The molecule has 27 heavy (non-hydrogen) atoms. The topological polar surface area (TPSA) is 64.6 Å². The average Bonchev–Trinajstić information content (AvgIpc) is 2.47. The van der Waals surface area contributed by atoms with Gasteiger partial charge in [-0.15, -0.1) is 0 Å². The van der Waals surface area contributed by atoms with Gasteiger partial charge in [0.05, 0.1) is 6.04 Å². The summed E-state index contributed by atoms with van der Waals surface area (Å²) in [6, 6.07) is 0.789. The number of nitrogens with one attached hydrogen (secondary N) is 1. The van der Waals surface area contributed by atoms with E-state index >= 15 is 0 Å². The number of carbonyl (C=O) groups is 2. The molecule has 1 aliphatic heterocycles. The minimum Gasteiger partial charge on any atom is -0.444 e. The first kappa shape index (κ1) is 21.1. The van der Waals surface area contributed by atoms with E-state index in [0.717, 1.165) is 12.1 Å². The zero-order chi connectivity index (χ0) is 20.6. The first-order chi connectivity index (χ1) is 12.3. The molecule has 0 radical (unpaired) electrons. The number of benzene rings is 1. The van der Waals surface area contributed by atoms with Crippen molar-refractivity contribution in [2.45, 2.75) is 57.2 Å². The highest BCUT2D eigenvalue weighted by molar-refractivity contribution is 5.86. The Kier molecular flexibility index (Phi) is 5.79. The summed E-state index contributed by atoms with van der Waals surface area (Å²) in [6.07, 6.45) is -11.4. The molecule has 3 atom stereocenters. The van der Waals surface area contributed by atoms with Crippen LogP contribution in [-0.4, -0.2) is 35.8 Å². The number of carbonyl (C=O) groups excluding carboxylic acids is 2. The van der Waals surface area contributed by atoms with Gasteiger partial charge < -0.3 is 14.8 Å². The van der Waals surface area contributed by atoms with Crippen molar-refractivity contribution in [2.75, 3.05) is 0 Å². The van der Waals surface area contributed by atoms with E-state index in [1.165, 1.54) is 0 Å². The monoisotopic (exact) mass is 395 g/mol. The second-order valence-electron chi connectivity index (χ2n) is 7.07. The smallest absolute Gasteiger partial charge is 0.421 e. The SMILES string of the molecule is CC(C)(C)OC(=O)N[C@H]1CC(=O)[C@H](C(F)(F)F)O[C@@H]1c1cc(F)ccc1F. The molecule has 1 amide bonds. The summed E-state index contributed by atoms with van der Waals surface area (Å²) in [5.41, 5.74) is -1.46. The van der Waals surface area contributed by atoms with Crippen LogP contribution in [0.3, 0.4) is 0 Å². The summed E-state index contributed by atoms with van der Waals surface area (Å²) >= 11 is 0. The Morgan fingerprint density at radius 1 is 1.22 bits per heavy atom. The van der Waals surface area contributed by atoms with Crippen molar-refractivity contribution < 1.29 is 41.0 Å². The molecule has 150 valence electrons. The number of alkyl halides is 3. The Morgan fingerprint density at radius 3 is 2.41 bits per heavy atom. The second kappa shape index (κ2) is 7.41.